The summed E-state index contributed by atoms with van der Waals surface area (Å²) in [7, 11) is 1.22. The highest BCUT2D eigenvalue weighted by molar-refractivity contribution is 5.92. The second kappa shape index (κ2) is 14.0. The van der Waals surface area contributed by atoms with E-state index in [4.69, 9.17) is 4.74 Å². The van der Waals surface area contributed by atoms with Crippen LogP contribution >= 0.6 is 0 Å². The molecule has 0 bridgehead atoms. The number of esters is 1. The zero-order valence-electron chi connectivity index (χ0n) is 20.8. The first-order valence-electron chi connectivity index (χ1n) is 11.4. The fraction of sp³-hybridized carbons (Fsp3) is 0.520. The van der Waals surface area contributed by atoms with Gasteiger partial charge in [0.15, 0.2) is 0 Å². The molecule has 3 amide bonds. The lowest BCUT2D eigenvalue weighted by Crippen LogP contribution is -2.48. The van der Waals surface area contributed by atoms with Gasteiger partial charge in [-0.25, -0.2) is 4.79 Å². The molecule has 188 valence electrons. The van der Waals surface area contributed by atoms with Gasteiger partial charge in [0, 0.05) is 6.54 Å². The molecule has 1 aromatic rings. The Kier molecular flexibility index (Phi) is 11.8. The first kappa shape index (κ1) is 28.7. The largest absolute Gasteiger partial charge is 0.468 e. The van der Waals surface area contributed by atoms with Crippen LogP contribution in [0.15, 0.2) is 30.8 Å². The van der Waals surface area contributed by atoms with Crippen molar-refractivity contribution >= 4 is 30.0 Å². The molecule has 34 heavy (non-hydrogen) atoms. The number of unbranched alkanes of at least 4 members (excludes halogenated alkanes) is 2. The molecule has 0 spiro atoms. The Morgan fingerprint density at radius 2 is 1.82 bits per heavy atom. The van der Waals surface area contributed by atoms with E-state index in [2.05, 4.69) is 21.9 Å². The lowest BCUT2D eigenvalue weighted by atomic mass is 10.0. The van der Waals surface area contributed by atoms with Crippen molar-refractivity contribution in [1.82, 2.24) is 15.5 Å². The third-order valence-electron chi connectivity index (χ3n) is 4.76. The Labute approximate surface area is 201 Å². The molecular formula is C25H37N3O6. The molecule has 1 atom stereocenters. The summed E-state index contributed by atoms with van der Waals surface area (Å²) in [5.74, 6) is -1.60. The third-order valence-corrected chi connectivity index (χ3v) is 4.76. The number of amides is 3. The van der Waals surface area contributed by atoms with E-state index in [1.165, 1.54) is 12.0 Å². The lowest BCUT2D eigenvalue weighted by molar-refractivity contribution is -0.143. The summed E-state index contributed by atoms with van der Waals surface area (Å²) in [5.41, 5.74) is 0.619. The fourth-order valence-corrected chi connectivity index (χ4v) is 3.15. The van der Waals surface area contributed by atoms with Crippen LogP contribution in [0.5, 0.6) is 0 Å². The molecule has 1 aromatic carbocycles. The van der Waals surface area contributed by atoms with Crippen molar-refractivity contribution in [3.8, 4) is 0 Å². The molecule has 0 aromatic heterocycles. The van der Waals surface area contributed by atoms with Crippen molar-refractivity contribution in [1.29, 1.82) is 0 Å². The Morgan fingerprint density at radius 1 is 1.12 bits per heavy atom. The van der Waals surface area contributed by atoms with Crippen molar-refractivity contribution in [2.24, 2.45) is 0 Å². The summed E-state index contributed by atoms with van der Waals surface area (Å²) in [5, 5.41) is 5.01. The number of nitrogens with one attached hydrogen (secondary N) is 2. The SMILES string of the molecule is C=Cc1cccc(C(C(=O)NCC(=O)OC)N(CCCCC)C(=O)CNC(=O)OC(C)(C)C)c1. The summed E-state index contributed by atoms with van der Waals surface area (Å²) in [6, 6.07) is 6.07. The molecule has 0 aliphatic heterocycles. The number of methoxy groups -OCH3 is 1. The molecule has 0 saturated carbocycles. The van der Waals surface area contributed by atoms with Gasteiger partial charge in [0.2, 0.25) is 11.8 Å². The molecule has 0 radical (unpaired) electrons. The quantitative estimate of drug-likeness (QED) is 0.354. The smallest absolute Gasteiger partial charge is 0.408 e. The average Bonchev–Trinajstić information content (AvgIpc) is 2.79. The number of rotatable bonds is 12. The number of nitrogens with zero attached hydrogens (tertiary/aromatic N) is 1. The normalized spacial score (nSPS) is 11.7. The molecule has 0 fully saturated rings. The topological polar surface area (TPSA) is 114 Å². The summed E-state index contributed by atoms with van der Waals surface area (Å²) >= 11 is 0. The van der Waals surface area contributed by atoms with Gasteiger partial charge in [0.25, 0.3) is 0 Å². The van der Waals surface area contributed by atoms with Crippen LogP contribution in [-0.2, 0) is 23.9 Å². The molecule has 2 N–H and O–H groups in total. The number of ether oxygens (including phenoxy) is 2. The van der Waals surface area contributed by atoms with Crippen LogP contribution in [0, 0.1) is 0 Å². The first-order chi connectivity index (χ1) is 16.0. The molecule has 9 heteroatoms. The maximum absolute atomic E-state index is 13.2. The first-order valence-corrected chi connectivity index (χ1v) is 11.4. The van der Waals surface area contributed by atoms with Gasteiger partial charge in [-0.05, 0) is 44.4 Å². The summed E-state index contributed by atoms with van der Waals surface area (Å²) in [4.78, 5) is 51.5. The van der Waals surface area contributed by atoms with E-state index in [0.717, 1.165) is 18.4 Å². The van der Waals surface area contributed by atoms with Crippen molar-refractivity contribution in [2.45, 2.75) is 58.6 Å². The van der Waals surface area contributed by atoms with Crippen LogP contribution in [0.1, 0.15) is 64.1 Å². The predicted molar refractivity (Wildman–Crippen MR) is 130 cm³/mol. The summed E-state index contributed by atoms with van der Waals surface area (Å²) in [6.07, 6.45) is 3.35. The highest BCUT2D eigenvalue weighted by Gasteiger charge is 2.32. The highest BCUT2D eigenvalue weighted by atomic mass is 16.6. The number of carbonyl (C=O) groups is 4. The van der Waals surface area contributed by atoms with E-state index >= 15 is 0 Å². The second-order valence-corrected chi connectivity index (χ2v) is 8.72. The zero-order chi connectivity index (χ0) is 25.7. The average molecular weight is 476 g/mol. The van der Waals surface area contributed by atoms with Gasteiger partial charge in [-0.1, -0.05) is 50.6 Å². The van der Waals surface area contributed by atoms with Crippen molar-refractivity contribution in [3.63, 3.8) is 0 Å². The second-order valence-electron chi connectivity index (χ2n) is 8.72. The monoisotopic (exact) mass is 475 g/mol. The number of alkyl carbamates (subject to hydrolysis) is 1. The fourth-order valence-electron chi connectivity index (χ4n) is 3.15. The Bertz CT molecular complexity index is 862. The van der Waals surface area contributed by atoms with Crippen LogP contribution in [0.2, 0.25) is 0 Å². The Hall–Kier alpha value is -3.36. The van der Waals surface area contributed by atoms with Gasteiger partial charge in [0.05, 0.1) is 7.11 Å². The molecule has 1 rings (SSSR count). The Balaban J connectivity index is 3.24. The van der Waals surface area contributed by atoms with Gasteiger partial charge in [0.1, 0.15) is 24.7 Å². The molecule has 0 aliphatic carbocycles. The summed E-state index contributed by atoms with van der Waals surface area (Å²) < 4.78 is 9.81. The number of hydrogen-bond acceptors (Lipinski definition) is 6. The maximum Gasteiger partial charge on any atom is 0.408 e. The van der Waals surface area contributed by atoms with Crippen LogP contribution in [0.4, 0.5) is 4.79 Å². The predicted octanol–water partition coefficient (Wildman–Crippen LogP) is 3.20. The third kappa shape index (κ3) is 10.1. The highest BCUT2D eigenvalue weighted by Crippen LogP contribution is 2.24. The molecular weight excluding hydrogens is 438 g/mol. The Morgan fingerprint density at radius 3 is 2.41 bits per heavy atom. The van der Waals surface area contributed by atoms with Crippen molar-refractivity contribution in [3.05, 3.63) is 42.0 Å². The van der Waals surface area contributed by atoms with Gasteiger partial charge in [-0.3, -0.25) is 14.4 Å². The zero-order valence-corrected chi connectivity index (χ0v) is 20.8. The maximum atomic E-state index is 13.2. The standard InChI is InChI=1S/C25H37N3O6/c1-7-9-10-14-28(20(29)16-27-24(32)34-25(3,4)5)22(23(31)26-17-21(30)33-6)19-13-11-12-18(8-2)15-19/h8,11-13,15,22H,2,7,9-10,14,16-17H2,1,3-6H3,(H,26,31)(H,27,32). The van der Waals surface area contributed by atoms with Crippen LogP contribution in [0.25, 0.3) is 6.08 Å². The number of carbonyl (C=O) groups excluding carboxylic acids is 4. The summed E-state index contributed by atoms with van der Waals surface area (Å²) in [6.45, 7) is 10.6. The van der Waals surface area contributed by atoms with E-state index in [1.807, 2.05) is 13.0 Å². The number of hydrogen-bond donors (Lipinski definition) is 2. The van der Waals surface area contributed by atoms with Crippen LogP contribution in [0.3, 0.4) is 0 Å². The van der Waals surface area contributed by atoms with Gasteiger partial charge < -0.3 is 25.0 Å². The van der Waals surface area contributed by atoms with Crippen LogP contribution in [-0.4, -0.2) is 61.1 Å². The lowest BCUT2D eigenvalue weighted by Gasteiger charge is -2.32. The van der Waals surface area contributed by atoms with E-state index in [1.54, 1.807) is 45.0 Å². The van der Waals surface area contributed by atoms with E-state index in [9.17, 15) is 19.2 Å². The minimum atomic E-state index is -1.02. The van der Waals surface area contributed by atoms with E-state index < -0.39 is 35.5 Å². The van der Waals surface area contributed by atoms with Crippen molar-refractivity contribution < 1.29 is 28.7 Å². The molecule has 0 heterocycles. The molecule has 0 saturated heterocycles. The molecule has 0 aliphatic rings. The minimum absolute atomic E-state index is 0.289. The van der Waals surface area contributed by atoms with Gasteiger partial charge >= 0.3 is 12.1 Å². The van der Waals surface area contributed by atoms with E-state index in [0.29, 0.717) is 12.0 Å². The van der Waals surface area contributed by atoms with Gasteiger partial charge in [-0.15, -0.1) is 0 Å². The molecule has 9 nitrogen and oxygen atoms in total. The van der Waals surface area contributed by atoms with E-state index in [-0.39, 0.29) is 19.6 Å². The number of benzene rings is 1. The minimum Gasteiger partial charge on any atom is -0.468 e. The molecule has 1 unspecified atom stereocenters. The van der Waals surface area contributed by atoms with Gasteiger partial charge in [-0.2, -0.15) is 0 Å². The van der Waals surface area contributed by atoms with Crippen molar-refractivity contribution in [2.75, 3.05) is 26.7 Å². The van der Waals surface area contributed by atoms with Crippen LogP contribution < -0.4 is 10.6 Å².